The summed E-state index contributed by atoms with van der Waals surface area (Å²) in [4.78, 5) is 17.7. The molecule has 0 radical (unpaired) electrons. The molecule has 0 aliphatic carbocycles. The topological polar surface area (TPSA) is 55.7 Å². The van der Waals surface area contributed by atoms with E-state index in [1.54, 1.807) is 0 Å². The van der Waals surface area contributed by atoms with Gasteiger partial charge in [0.1, 0.15) is 5.56 Å². The zero-order valence-corrected chi connectivity index (χ0v) is 12.3. The fourth-order valence-electron chi connectivity index (χ4n) is 2.52. The van der Waals surface area contributed by atoms with Gasteiger partial charge in [-0.3, -0.25) is 9.69 Å². The highest BCUT2D eigenvalue weighted by atomic mass is 16.5. The van der Waals surface area contributed by atoms with Gasteiger partial charge in [0.25, 0.3) is 11.7 Å². The molecule has 20 heavy (non-hydrogen) atoms. The van der Waals surface area contributed by atoms with Gasteiger partial charge in [-0.15, -0.1) is 0 Å². The van der Waals surface area contributed by atoms with Crippen LogP contribution in [0, 0.1) is 0 Å². The van der Waals surface area contributed by atoms with Crippen molar-refractivity contribution in [2.75, 3.05) is 31.1 Å². The molecule has 2 rings (SSSR count). The molecule has 0 bridgehead atoms. The monoisotopic (exact) mass is 278 g/mol. The molecule has 5 heteroatoms. The molecule has 0 spiro atoms. The number of nitrogens with one attached hydrogen (secondary N) is 2. The minimum atomic E-state index is -0.0424. The molecule has 110 valence electrons. The van der Waals surface area contributed by atoms with Crippen LogP contribution in [0.15, 0.2) is 18.3 Å². The van der Waals surface area contributed by atoms with E-state index < -0.39 is 0 Å². The molecule has 1 amide bonds. The quantitative estimate of drug-likeness (QED) is 0.852. The third kappa shape index (κ3) is 3.48. The van der Waals surface area contributed by atoms with Crippen molar-refractivity contribution in [1.29, 1.82) is 0 Å². The molecule has 1 aliphatic rings. The first kappa shape index (κ1) is 14.8. The Balaban J connectivity index is 2.04. The van der Waals surface area contributed by atoms with Crippen molar-refractivity contribution in [3.05, 3.63) is 23.9 Å². The van der Waals surface area contributed by atoms with Crippen molar-refractivity contribution in [1.82, 2.24) is 5.32 Å². The zero-order chi connectivity index (χ0) is 14.4. The Morgan fingerprint density at radius 2 is 2.30 bits per heavy atom. The summed E-state index contributed by atoms with van der Waals surface area (Å²) in [5, 5.41) is 2.97. The number of hydrogen-bond donors (Lipinski definition) is 1. The number of H-pyrrole nitrogens is 1. The molecule has 1 saturated heterocycles. The third-order valence-corrected chi connectivity index (χ3v) is 3.67. The number of carbonyl (C=O) groups is 1. The van der Waals surface area contributed by atoms with Gasteiger partial charge in [-0.05, 0) is 38.8 Å². The number of aromatic amines is 1. The predicted molar refractivity (Wildman–Crippen MR) is 77.9 cm³/mol. The van der Waals surface area contributed by atoms with Crippen molar-refractivity contribution >= 4 is 11.7 Å². The summed E-state index contributed by atoms with van der Waals surface area (Å²) in [5.41, 5.74) is 0.689. The molecule has 1 aliphatic heterocycles. The van der Waals surface area contributed by atoms with E-state index in [-0.39, 0.29) is 12.0 Å². The summed E-state index contributed by atoms with van der Waals surface area (Å²) in [6.45, 7) is 7.29. The first-order valence-electron chi connectivity index (χ1n) is 7.41. The largest absolute Gasteiger partial charge is 0.376 e. The molecule has 0 saturated carbocycles. The van der Waals surface area contributed by atoms with Crippen LogP contribution in [0.2, 0.25) is 0 Å². The normalized spacial score (nSPS) is 18.0. The fourth-order valence-corrected chi connectivity index (χ4v) is 2.52. The van der Waals surface area contributed by atoms with Gasteiger partial charge in [-0.1, -0.05) is 0 Å². The Morgan fingerprint density at radius 1 is 1.50 bits per heavy atom. The lowest BCUT2D eigenvalue weighted by Gasteiger charge is -2.16. The molecule has 5 nitrogen and oxygen atoms in total. The molecule has 0 aromatic carbocycles. The summed E-state index contributed by atoms with van der Waals surface area (Å²) in [6.07, 6.45) is 4.14. The standard InChI is InChI=1S/C15H23N3O2/c1-3-18(4-2)14-13(8-5-9-16-14)15(19)17-11-12-7-6-10-20-12/h5,8-9,12H,3-4,6-7,10-11H2,1-2H3,(H,17,19)/p+1/t12-/m0/s1. The van der Waals surface area contributed by atoms with Gasteiger partial charge in [0.05, 0.1) is 25.4 Å². The van der Waals surface area contributed by atoms with Gasteiger partial charge in [0.2, 0.25) is 0 Å². The number of anilines is 1. The SMILES string of the molecule is CCN(CC)c1[nH+]cccc1C(=O)NC[C@@H]1CCCO1. The second-order valence-corrected chi connectivity index (χ2v) is 4.95. The van der Waals surface area contributed by atoms with Crippen LogP contribution in [-0.4, -0.2) is 38.3 Å². The molecule has 1 fully saturated rings. The lowest BCUT2D eigenvalue weighted by atomic mass is 10.2. The highest BCUT2D eigenvalue weighted by Crippen LogP contribution is 2.14. The summed E-state index contributed by atoms with van der Waals surface area (Å²) in [5.74, 6) is 0.835. The van der Waals surface area contributed by atoms with E-state index in [4.69, 9.17) is 4.74 Å². The van der Waals surface area contributed by atoms with Crippen molar-refractivity contribution in [2.45, 2.75) is 32.8 Å². The van der Waals surface area contributed by atoms with E-state index in [1.807, 2.05) is 18.3 Å². The summed E-state index contributed by atoms with van der Waals surface area (Å²) >= 11 is 0. The van der Waals surface area contributed by atoms with Gasteiger partial charge in [0, 0.05) is 13.2 Å². The minimum absolute atomic E-state index is 0.0424. The maximum atomic E-state index is 12.3. The molecular weight excluding hydrogens is 254 g/mol. The highest BCUT2D eigenvalue weighted by Gasteiger charge is 2.23. The average molecular weight is 278 g/mol. The number of carbonyl (C=O) groups excluding carboxylic acids is 1. The molecular formula is C15H24N3O2+. The molecule has 2 N–H and O–H groups in total. The summed E-state index contributed by atoms with van der Waals surface area (Å²) in [7, 11) is 0. The molecule has 1 aromatic rings. The van der Waals surface area contributed by atoms with E-state index in [0.717, 1.165) is 38.4 Å². The Hall–Kier alpha value is -1.62. The number of pyridine rings is 1. The van der Waals surface area contributed by atoms with E-state index in [0.29, 0.717) is 12.1 Å². The maximum Gasteiger partial charge on any atom is 0.287 e. The van der Waals surface area contributed by atoms with Gasteiger partial charge in [-0.2, -0.15) is 0 Å². The Labute approximate surface area is 120 Å². The number of hydrogen-bond acceptors (Lipinski definition) is 3. The Bertz CT molecular complexity index is 440. The number of amides is 1. The summed E-state index contributed by atoms with van der Waals surface area (Å²) in [6, 6.07) is 3.71. The van der Waals surface area contributed by atoms with Crippen LogP contribution in [0.5, 0.6) is 0 Å². The van der Waals surface area contributed by atoms with Gasteiger partial charge >= 0.3 is 0 Å². The number of rotatable bonds is 6. The van der Waals surface area contributed by atoms with Crippen LogP contribution in [0.25, 0.3) is 0 Å². The smallest absolute Gasteiger partial charge is 0.287 e. The van der Waals surface area contributed by atoms with E-state index in [1.165, 1.54) is 0 Å². The molecule has 0 unspecified atom stereocenters. The second kappa shape index (κ2) is 7.24. The van der Waals surface area contributed by atoms with Crippen LogP contribution in [-0.2, 0) is 4.74 Å². The van der Waals surface area contributed by atoms with Crippen molar-refractivity contribution in [3.63, 3.8) is 0 Å². The van der Waals surface area contributed by atoms with Gasteiger partial charge < -0.3 is 10.1 Å². The second-order valence-electron chi connectivity index (χ2n) is 4.95. The van der Waals surface area contributed by atoms with E-state index in [9.17, 15) is 4.79 Å². The van der Waals surface area contributed by atoms with Crippen molar-refractivity contribution in [2.24, 2.45) is 0 Å². The van der Waals surface area contributed by atoms with Crippen LogP contribution in [0.4, 0.5) is 5.82 Å². The zero-order valence-electron chi connectivity index (χ0n) is 12.3. The lowest BCUT2D eigenvalue weighted by Crippen LogP contribution is -2.36. The van der Waals surface area contributed by atoms with Crippen LogP contribution >= 0.6 is 0 Å². The Morgan fingerprint density at radius 3 is 2.95 bits per heavy atom. The highest BCUT2D eigenvalue weighted by molar-refractivity contribution is 5.98. The third-order valence-electron chi connectivity index (χ3n) is 3.67. The number of nitrogens with zero attached hydrogens (tertiary/aromatic N) is 1. The van der Waals surface area contributed by atoms with Crippen molar-refractivity contribution in [3.8, 4) is 0 Å². The maximum absolute atomic E-state index is 12.3. The predicted octanol–water partition coefficient (Wildman–Crippen LogP) is 1.26. The lowest BCUT2D eigenvalue weighted by molar-refractivity contribution is -0.364. The Kier molecular flexibility index (Phi) is 5.35. The van der Waals surface area contributed by atoms with Gasteiger partial charge in [0.15, 0.2) is 0 Å². The van der Waals surface area contributed by atoms with E-state index >= 15 is 0 Å². The molecule has 1 aromatic heterocycles. The molecule has 1 atom stereocenters. The first-order valence-corrected chi connectivity index (χ1v) is 7.41. The number of aromatic nitrogens is 1. The fraction of sp³-hybridized carbons (Fsp3) is 0.600. The van der Waals surface area contributed by atoms with Gasteiger partial charge in [-0.25, -0.2) is 4.98 Å². The van der Waals surface area contributed by atoms with E-state index in [2.05, 4.69) is 29.0 Å². The van der Waals surface area contributed by atoms with Crippen LogP contribution in [0.1, 0.15) is 37.0 Å². The first-order chi connectivity index (χ1) is 9.76. The number of ether oxygens (including phenoxy) is 1. The molecule has 2 heterocycles. The minimum Gasteiger partial charge on any atom is -0.376 e. The van der Waals surface area contributed by atoms with Crippen LogP contribution in [0.3, 0.4) is 0 Å². The summed E-state index contributed by atoms with van der Waals surface area (Å²) < 4.78 is 5.53. The van der Waals surface area contributed by atoms with Crippen molar-refractivity contribution < 1.29 is 14.5 Å². The van der Waals surface area contributed by atoms with Crippen LogP contribution < -0.4 is 15.2 Å². The average Bonchev–Trinajstić information content (AvgIpc) is 3.00.